The minimum Gasteiger partial charge on any atom is -0.376 e. The monoisotopic (exact) mass is 296 g/mol. The first kappa shape index (κ1) is 16.0. The lowest BCUT2D eigenvalue weighted by Gasteiger charge is -2.32. The van der Waals surface area contributed by atoms with Crippen molar-refractivity contribution in [3.05, 3.63) is 21.4 Å². The van der Waals surface area contributed by atoms with Crippen molar-refractivity contribution >= 4 is 11.3 Å². The van der Waals surface area contributed by atoms with Gasteiger partial charge in [-0.15, -0.1) is 11.3 Å². The van der Waals surface area contributed by atoms with Gasteiger partial charge in [0.15, 0.2) is 0 Å². The van der Waals surface area contributed by atoms with Crippen LogP contribution in [-0.2, 0) is 17.8 Å². The summed E-state index contributed by atoms with van der Waals surface area (Å²) in [5, 5.41) is 3.50. The van der Waals surface area contributed by atoms with Crippen molar-refractivity contribution in [3.8, 4) is 0 Å². The van der Waals surface area contributed by atoms with E-state index >= 15 is 0 Å². The summed E-state index contributed by atoms with van der Waals surface area (Å²) >= 11 is 1.93. The molecule has 0 aromatic carbocycles. The van der Waals surface area contributed by atoms with Crippen molar-refractivity contribution in [2.24, 2.45) is 0 Å². The van der Waals surface area contributed by atoms with Gasteiger partial charge in [0.1, 0.15) is 0 Å². The first-order valence-corrected chi connectivity index (χ1v) is 8.55. The van der Waals surface area contributed by atoms with Crippen LogP contribution in [0, 0.1) is 6.92 Å². The Kier molecular flexibility index (Phi) is 6.02. The molecule has 20 heavy (non-hydrogen) atoms. The van der Waals surface area contributed by atoms with Crippen LogP contribution in [-0.4, -0.2) is 36.7 Å². The maximum Gasteiger partial charge on any atom is 0.0700 e. The van der Waals surface area contributed by atoms with Crippen LogP contribution in [0.4, 0.5) is 0 Å². The first-order valence-electron chi connectivity index (χ1n) is 7.74. The fraction of sp³-hybridized carbons (Fsp3) is 0.750. The van der Waals surface area contributed by atoms with E-state index in [0.29, 0.717) is 12.1 Å². The molecule has 114 valence electrons. The van der Waals surface area contributed by atoms with Gasteiger partial charge in [-0.3, -0.25) is 4.90 Å². The van der Waals surface area contributed by atoms with Crippen LogP contribution in [0.25, 0.3) is 0 Å². The molecule has 0 aliphatic carbocycles. The third kappa shape index (κ3) is 4.55. The van der Waals surface area contributed by atoms with Gasteiger partial charge in [-0.1, -0.05) is 20.8 Å². The second-order valence-electron chi connectivity index (χ2n) is 5.97. The molecule has 1 aromatic rings. The summed E-state index contributed by atoms with van der Waals surface area (Å²) in [5.74, 6) is 0. The Morgan fingerprint density at radius 3 is 3.00 bits per heavy atom. The van der Waals surface area contributed by atoms with E-state index in [0.717, 1.165) is 39.2 Å². The molecule has 0 bridgehead atoms. The van der Waals surface area contributed by atoms with Crippen LogP contribution < -0.4 is 5.32 Å². The standard InChI is InChI=1S/C16H28N2OS/c1-5-15-11-18(6-7-19-15)10-14-8-16(20-13(14)4)9-17-12(2)3/h8,12,15,17H,5-7,9-11H2,1-4H3. The Labute approximate surface area is 127 Å². The van der Waals surface area contributed by atoms with Gasteiger partial charge in [0, 0.05) is 42.0 Å². The highest BCUT2D eigenvalue weighted by Crippen LogP contribution is 2.24. The van der Waals surface area contributed by atoms with Crippen molar-refractivity contribution in [1.29, 1.82) is 0 Å². The smallest absolute Gasteiger partial charge is 0.0700 e. The highest BCUT2D eigenvalue weighted by atomic mass is 32.1. The van der Waals surface area contributed by atoms with Gasteiger partial charge >= 0.3 is 0 Å². The van der Waals surface area contributed by atoms with E-state index in [1.54, 1.807) is 0 Å². The third-order valence-corrected chi connectivity index (χ3v) is 4.92. The predicted molar refractivity (Wildman–Crippen MR) is 86.3 cm³/mol. The molecule has 1 aliphatic heterocycles. The summed E-state index contributed by atoms with van der Waals surface area (Å²) in [4.78, 5) is 5.45. The summed E-state index contributed by atoms with van der Waals surface area (Å²) in [5.41, 5.74) is 1.49. The summed E-state index contributed by atoms with van der Waals surface area (Å²) in [6.45, 7) is 13.9. The van der Waals surface area contributed by atoms with Gasteiger partial charge in [0.05, 0.1) is 12.7 Å². The van der Waals surface area contributed by atoms with Crippen LogP contribution in [0.2, 0.25) is 0 Å². The van der Waals surface area contributed by atoms with Gasteiger partial charge in [-0.2, -0.15) is 0 Å². The Balaban J connectivity index is 1.91. The lowest BCUT2D eigenvalue weighted by Crippen LogP contribution is -2.41. The van der Waals surface area contributed by atoms with Crippen molar-refractivity contribution in [2.75, 3.05) is 19.7 Å². The molecule has 1 aromatic heterocycles. The van der Waals surface area contributed by atoms with Gasteiger partial charge in [0.2, 0.25) is 0 Å². The number of nitrogens with zero attached hydrogens (tertiary/aromatic N) is 1. The fourth-order valence-corrected chi connectivity index (χ4v) is 3.55. The molecular formula is C16H28N2OS. The number of rotatable bonds is 6. The van der Waals surface area contributed by atoms with Gasteiger partial charge in [-0.05, 0) is 25.0 Å². The molecule has 3 nitrogen and oxygen atoms in total. The highest BCUT2D eigenvalue weighted by Gasteiger charge is 2.20. The molecule has 0 spiro atoms. The zero-order valence-corrected chi connectivity index (χ0v) is 14.1. The van der Waals surface area contributed by atoms with Gasteiger partial charge in [-0.25, -0.2) is 0 Å². The average Bonchev–Trinajstić information content (AvgIpc) is 2.77. The van der Waals surface area contributed by atoms with E-state index in [2.05, 4.69) is 44.0 Å². The molecule has 0 amide bonds. The van der Waals surface area contributed by atoms with Crippen molar-refractivity contribution in [3.63, 3.8) is 0 Å². The maximum absolute atomic E-state index is 5.75. The van der Waals surface area contributed by atoms with Crippen LogP contribution in [0.15, 0.2) is 6.07 Å². The number of nitrogens with one attached hydrogen (secondary N) is 1. The van der Waals surface area contributed by atoms with Crippen LogP contribution in [0.3, 0.4) is 0 Å². The topological polar surface area (TPSA) is 24.5 Å². The van der Waals surface area contributed by atoms with Crippen molar-refractivity contribution in [2.45, 2.75) is 59.4 Å². The van der Waals surface area contributed by atoms with Crippen molar-refractivity contribution < 1.29 is 4.74 Å². The fourth-order valence-electron chi connectivity index (χ4n) is 2.55. The van der Waals surface area contributed by atoms with E-state index in [1.807, 2.05) is 11.3 Å². The Morgan fingerprint density at radius 2 is 2.30 bits per heavy atom. The second-order valence-corrected chi connectivity index (χ2v) is 7.31. The zero-order valence-electron chi connectivity index (χ0n) is 13.2. The van der Waals surface area contributed by atoms with Gasteiger partial charge < -0.3 is 10.1 Å². The molecule has 1 saturated heterocycles. The quantitative estimate of drug-likeness (QED) is 0.872. The lowest BCUT2D eigenvalue weighted by atomic mass is 10.2. The Bertz CT molecular complexity index is 417. The Morgan fingerprint density at radius 1 is 1.50 bits per heavy atom. The molecule has 1 unspecified atom stereocenters. The van der Waals surface area contributed by atoms with Crippen LogP contribution >= 0.6 is 11.3 Å². The first-order chi connectivity index (χ1) is 9.58. The summed E-state index contributed by atoms with van der Waals surface area (Å²) in [6.07, 6.45) is 1.53. The Hall–Kier alpha value is -0.420. The van der Waals surface area contributed by atoms with E-state index in [9.17, 15) is 0 Å². The van der Waals surface area contributed by atoms with E-state index in [4.69, 9.17) is 4.74 Å². The normalized spacial score (nSPS) is 20.8. The molecule has 1 aliphatic rings. The number of hydrogen-bond acceptors (Lipinski definition) is 4. The van der Waals surface area contributed by atoms with Gasteiger partial charge in [0.25, 0.3) is 0 Å². The number of thiophene rings is 1. The lowest BCUT2D eigenvalue weighted by molar-refractivity contribution is -0.0324. The van der Waals surface area contributed by atoms with E-state index in [-0.39, 0.29) is 0 Å². The largest absolute Gasteiger partial charge is 0.376 e. The molecule has 0 saturated carbocycles. The van der Waals surface area contributed by atoms with Crippen LogP contribution in [0.1, 0.15) is 42.5 Å². The minimum atomic E-state index is 0.421. The minimum absolute atomic E-state index is 0.421. The molecular weight excluding hydrogens is 268 g/mol. The molecule has 0 radical (unpaired) electrons. The predicted octanol–water partition coefficient (Wildman–Crippen LogP) is 3.17. The zero-order chi connectivity index (χ0) is 14.5. The second kappa shape index (κ2) is 7.55. The molecule has 1 N–H and O–H groups in total. The van der Waals surface area contributed by atoms with Crippen LogP contribution in [0.5, 0.6) is 0 Å². The number of ether oxygens (including phenoxy) is 1. The highest BCUT2D eigenvalue weighted by molar-refractivity contribution is 7.12. The van der Waals surface area contributed by atoms with E-state index in [1.165, 1.54) is 15.3 Å². The average molecular weight is 296 g/mol. The third-order valence-electron chi connectivity index (χ3n) is 3.83. The molecule has 1 fully saturated rings. The maximum atomic E-state index is 5.75. The summed E-state index contributed by atoms with van der Waals surface area (Å²) < 4.78 is 5.75. The summed E-state index contributed by atoms with van der Waals surface area (Å²) in [6, 6.07) is 2.93. The van der Waals surface area contributed by atoms with E-state index < -0.39 is 0 Å². The number of aryl methyl sites for hydroxylation is 1. The molecule has 1 atom stereocenters. The SMILES string of the molecule is CCC1CN(Cc2cc(CNC(C)C)sc2C)CCO1. The van der Waals surface area contributed by atoms with Crippen molar-refractivity contribution in [1.82, 2.24) is 10.2 Å². The molecule has 2 rings (SSSR count). The molecule has 4 heteroatoms. The number of hydrogen-bond donors (Lipinski definition) is 1. The number of morpholine rings is 1. The summed E-state index contributed by atoms with van der Waals surface area (Å²) in [7, 11) is 0. The molecule has 2 heterocycles.